The summed E-state index contributed by atoms with van der Waals surface area (Å²) < 4.78 is 5.49. The van der Waals surface area contributed by atoms with Crippen LogP contribution in [-0.2, 0) is 4.74 Å². The maximum absolute atomic E-state index is 11.9. The van der Waals surface area contributed by atoms with E-state index < -0.39 is 11.0 Å². The third-order valence-corrected chi connectivity index (χ3v) is 3.74. The Hall–Kier alpha value is -2.38. The summed E-state index contributed by atoms with van der Waals surface area (Å²) in [5.41, 5.74) is 0.225. The van der Waals surface area contributed by atoms with Crippen LogP contribution in [0.3, 0.4) is 0 Å². The van der Waals surface area contributed by atoms with Crippen molar-refractivity contribution in [3.8, 4) is 0 Å². The number of amides is 1. The van der Waals surface area contributed by atoms with Crippen molar-refractivity contribution in [1.82, 2.24) is 10.3 Å². The molecule has 0 saturated carbocycles. The molecule has 1 N–H and O–H groups in total. The van der Waals surface area contributed by atoms with Gasteiger partial charge in [0, 0.05) is 31.2 Å². The summed E-state index contributed by atoms with van der Waals surface area (Å²) in [5.74, 6) is 0. The topological polar surface area (TPSA) is 97.6 Å². The molecule has 1 fully saturated rings. The number of nitrogens with zero attached hydrogens (tertiary/aromatic N) is 3. The molecule has 132 valence electrons. The van der Waals surface area contributed by atoms with E-state index in [0.717, 1.165) is 12.8 Å². The van der Waals surface area contributed by atoms with E-state index in [0.29, 0.717) is 25.2 Å². The number of nitro groups is 1. The maximum atomic E-state index is 11.9. The molecule has 24 heavy (non-hydrogen) atoms. The molecule has 1 amide bonds. The molecule has 0 radical (unpaired) electrons. The van der Waals surface area contributed by atoms with Crippen LogP contribution in [0.15, 0.2) is 18.5 Å². The third-order valence-electron chi connectivity index (χ3n) is 3.74. The highest BCUT2D eigenvalue weighted by Gasteiger charge is 2.25. The monoisotopic (exact) mass is 336 g/mol. The first kappa shape index (κ1) is 18.0. The predicted octanol–water partition coefficient (Wildman–Crippen LogP) is 2.87. The highest BCUT2D eigenvalue weighted by atomic mass is 16.6. The van der Waals surface area contributed by atoms with E-state index in [9.17, 15) is 14.9 Å². The molecule has 0 aromatic carbocycles. The first-order valence-corrected chi connectivity index (χ1v) is 8.08. The standard InChI is InChI=1S/C16H24N4O4/c1-16(2,3)18-15(21)24-12-5-4-9-19(10-7-12)13-6-8-17-11-14(13)20(22)23/h6,8,11-12H,4-5,7,9-10H2,1-3H3,(H,18,21). The molecule has 1 aliphatic rings. The van der Waals surface area contributed by atoms with Crippen LogP contribution in [0.25, 0.3) is 0 Å². The SMILES string of the molecule is CC(C)(C)NC(=O)OC1CCCN(c2ccncc2[N+](=O)[O-])CC1. The zero-order chi connectivity index (χ0) is 17.7. The molecule has 0 aliphatic carbocycles. The number of pyridine rings is 1. The summed E-state index contributed by atoms with van der Waals surface area (Å²) in [6.07, 6.45) is 4.40. The van der Waals surface area contributed by atoms with Gasteiger partial charge in [-0.2, -0.15) is 0 Å². The van der Waals surface area contributed by atoms with E-state index in [2.05, 4.69) is 10.3 Å². The van der Waals surface area contributed by atoms with Crippen LogP contribution in [-0.4, -0.2) is 40.7 Å². The van der Waals surface area contributed by atoms with Gasteiger partial charge in [-0.1, -0.05) is 0 Å². The van der Waals surface area contributed by atoms with Crippen LogP contribution in [0.5, 0.6) is 0 Å². The second kappa shape index (κ2) is 7.46. The van der Waals surface area contributed by atoms with Crippen molar-refractivity contribution in [3.05, 3.63) is 28.6 Å². The number of anilines is 1. The fraction of sp³-hybridized carbons (Fsp3) is 0.625. The molecule has 1 aromatic heterocycles. The Morgan fingerprint density at radius 1 is 1.42 bits per heavy atom. The summed E-state index contributed by atoms with van der Waals surface area (Å²) in [4.78, 5) is 28.4. The van der Waals surface area contributed by atoms with Crippen molar-refractivity contribution >= 4 is 17.5 Å². The Labute approximate surface area is 141 Å². The van der Waals surface area contributed by atoms with Gasteiger partial charge in [-0.25, -0.2) is 4.79 Å². The molecular formula is C16H24N4O4. The number of nitrogens with one attached hydrogen (secondary N) is 1. The van der Waals surface area contributed by atoms with Gasteiger partial charge in [-0.15, -0.1) is 0 Å². The minimum Gasteiger partial charge on any atom is -0.446 e. The van der Waals surface area contributed by atoms with Crippen molar-refractivity contribution < 1.29 is 14.5 Å². The fourth-order valence-corrected chi connectivity index (χ4v) is 2.70. The molecule has 0 bridgehead atoms. The zero-order valence-corrected chi connectivity index (χ0v) is 14.3. The predicted molar refractivity (Wildman–Crippen MR) is 90.1 cm³/mol. The molecular weight excluding hydrogens is 312 g/mol. The van der Waals surface area contributed by atoms with Crippen LogP contribution < -0.4 is 10.2 Å². The maximum Gasteiger partial charge on any atom is 0.407 e. The van der Waals surface area contributed by atoms with Crippen molar-refractivity contribution in [1.29, 1.82) is 0 Å². The number of ether oxygens (including phenoxy) is 1. The molecule has 8 heteroatoms. The second-order valence-corrected chi connectivity index (χ2v) is 6.94. The number of hydrogen-bond acceptors (Lipinski definition) is 6. The Morgan fingerprint density at radius 3 is 2.83 bits per heavy atom. The van der Waals surface area contributed by atoms with E-state index in [4.69, 9.17) is 4.74 Å². The summed E-state index contributed by atoms with van der Waals surface area (Å²) in [7, 11) is 0. The highest BCUT2D eigenvalue weighted by Crippen LogP contribution is 2.29. The smallest absolute Gasteiger partial charge is 0.407 e. The van der Waals surface area contributed by atoms with Crippen LogP contribution in [0.1, 0.15) is 40.0 Å². The lowest BCUT2D eigenvalue weighted by Crippen LogP contribution is -2.42. The molecule has 0 spiro atoms. The minimum absolute atomic E-state index is 0.00217. The number of aromatic nitrogens is 1. The van der Waals surface area contributed by atoms with Gasteiger partial charge in [0.1, 0.15) is 18.0 Å². The molecule has 1 unspecified atom stereocenters. The first-order valence-electron chi connectivity index (χ1n) is 8.08. The van der Waals surface area contributed by atoms with Gasteiger partial charge in [0.15, 0.2) is 0 Å². The van der Waals surface area contributed by atoms with E-state index in [1.54, 1.807) is 12.3 Å². The van der Waals surface area contributed by atoms with Crippen molar-refractivity contribution in [2.45, 2.75) is 51.7 Å². The van der Waals surface area contributed by atoms with Gasteiger partial charge in [0.05, 0.1) is 4.92 Å². The van der Waals surface area contributed by atoms with E-state index in [1.165, 1.54) is 6.20 Å². The highest BCUT2D eigenvalue weighted by molar-refractivity contribution is 5.68. The summed E-state index contributed by atoms with van der Waals surface area (Å²) >= 11 is 0. The Balaban J connectivity index is 1.98. The first-order chi connectivity index (χ1) is 11.3. The molecule has 1 atom stereocenters. The van der Waals surface area contributed by atoms with Crippen molar-refractivity contribution in [3.63, 3.8) is 0 Å². The van der Waals surface area contributed by atoms with Crippen LogP contribution >= 0.6 is 0 Å². The number of carbonyl (C=O) groups is 1. The molecule has 2 heterocycles. The quantitative estimate of drug-likeness (QED) is 0.673. The van der Waals surface area contributed by atoms with Crippen LogP contribution in [0, 0.1) is 10.1 Å². The van der Waals surface area contributed by atoms with Gasteiger partial charge < -0.3 is 15.0 Å². The summed E-state index contributed by atoms with van der Waals surface area (Å²) in [6.45, 7) is 6.97. The molecule has 1 saturated heterocycles. The number of alkyl carbamates (subject to hydrolysis) is 1. The van der Waals surface area contributed by atoms with Gasteiger partial charge in [0.2, 0.25) is 0 Å². The van der Waals surface area contributed by atoms with Gasteiger partial charge in [-0.05, 0) is 39.7 Å². The number of hydrogen-bond donors (Lipinski definition) is 1. The van der Waals surface area contributed by atoms with Crippen LogP contribution in [0.4, 0.5) is 16.2 Å². The van der Waals surface area contributed by atoms with Crippen molar-refractivity contribution in [2.24, 2.45) is 0 Å². The Morgan fingerprint density at radius 2 is 2.17 bits per heavy atom. The van der Waals surface area contributed by atoms with Crippen LogP contribution in [0.2, 0.25) is 0 Å². The average Bonchev–Trinajstić information content (AvgIpc) is 2.70. The second-order valence-electron chi connectivity index (χ2n) is 6.94. The normalized spacial score (nSPS) is 18.6. The largest absolute Gasteiger partial charge is 0.446 e. The lowest BCUT2D eigenvalue weighted by molar-refractivity contribution is -0.384. The van der Waals surface area contributed by atoms with E-state index >= 15 is 0 Å². The van der Waals surface area contributed by atoms with Crippen molar-refractivity contribution in [2.75, 3.05) is 18.0 Å². The lowest BCUT2D eigenvalue weighted by Gasteiger charge is -2.24. The molecule has 1 aliphatic heterocycles. The van der Waals surface area contributed by atoms with E-state index in [-0.39, 0.29) is 17.3 Å². The zero-order valence-electron chi connectivity index (χ0n) is 14.3. The fourth-order valence-electron chi connectivity index (χ4n) is 2.70. The van der Waals surface area contributed by atoms with Gasteiger partial charge >= 0.3 is 11.8 Å². The Bertz CT molecular complexity index is 600. The summed E-state index contributed by atoms with van der Waals surface area (Å²) in [5, 5.41) is 13.9. The number of rotatable bonds is 3. The average molecular weight is 336 g/mol. The third kappa shape index (κ3) is 5.07. The number of carbonyl (C=O) groups excluding carboxylic acids is 1. The van der Waals surface area contributed by atoms with Gasteiger partial charge in [-0.3, -0.25) is 15.1 Å². The molecule has 1 aromatic rings. The Kier molecular flexibility index (Phi) is 5.58. The van der Waals surface area contributed by atoms with E-state index in [1.807, 2.05) is 25.7 Å². The van der Waals surface area contributed by atoms with Gasteiger partial charge in [0.25, 0.3) is 0 Å². The summed E-state index contributed by atoms with van der Waals surface area (Å²) in [6, 6.07) is 1.66. The lowest BCUT2D eigenvalue weighted by atomic mass is 10.1. The molecule has 2 rings (SSSR count). The minimum atomic E-state index is -0.421. The molecule has 8 nitrogen and oxygen atoms in total.